The zero-order chi connectivity index (χ0) is 16.9. The highest BCUT2D eigenvalue weighted by molar-refractivity contribution is 6.31. The van der Waals surface area contributed by atoms with E-state index < -0.39 is 0 Å². The van der Waals surface area contributed by atoms with Crippen molar-refractivity contribution in [1.29, 1.82) is 0 Å². The summed E-state index contributed by atoms with van der Waals surface area (Å²) >= 11 is 6.30. The van der Waals surface area contributed by atoms with E-state index in [4.69, 9.17) is 26.8 Å². The fourth-order valence-corrected chi connectivity index (χ4v) is 2.33. The molecule has 0 aliphatic heterocycles. The van der Waals surface area contributed by atoms with E-state index in [0.29, 0.717) is 29.0 Å². The maximum Gasteiger partial charge on any atom is 0.243 e. The summed E-state index contributed by atoms with van der Waals surface area (Å²) in [4.78, 5) is 3.99. The van der Waals surface area contributed by atoms with Crippen molar-refractivity contribution < 1.29 is 9.47 Å². The van der Waals surface area contributed by atoms with Crippen molar-refractivity contribution in [2.45, 2.75) is 6.54 Å². The molecular formula is C16H16ClN5O2. The molecule has 1 aromatic heterocycles. The number of halogens is 1. The maximum atomic E-state index is 6.30. The molecule has 4 N–H and O–H groups in total. The molecule has 0 amide bonds. The highest BCUT2D eigenvalue weighted by atomic mass is 35.5. The number of nitrogens with one attached hydrogen (secondary N) is 2. The highest BCUT2D eigenvalue weighted by Crippen LogP contribution is 2.31. The van der Waals surface area contributed by atoms with Gasteiger partial charge in [0.1, 0.15) is 17.2 Å². The molecule has 3 rings (SSSR count). The van der Waals surface area contributed by atoms with Crippen molar-refractivity contribution >= 4 is 23.5 Å². The summed E-state index contributed by atoms with van der Waals surface area (Å²) in [6, 6.07) is 12.8. The zero-order valence-electron chi connectivity index (χ0n) is 12.9. The summed E-state index contributed by atoms with van der Waals surface area (Å²) in [5.74, 6) is 2.72. The molecule has 1 heterocycles. The number of aromatic amines is 1. The SMILES string of the molecule is COc1ccc(Oc2cccc(Cl)c2CNc2n[nH]c(N)n2)cc1. The van der Waals surface area contributed by atoms with E-state index in [2.05, 4.69) is 20.5 Å². The first-order chi connectivity index (χ1) is 11.7. The number of hydrogen-bond donors (Lipinski definition) is 3. The van der Waals surface area contributed by atoms with Gasteiger partial charge in [0, 0.05) is 17.1 Å². The Morgan fingerprint density at radius 3 is 2.58 bits per heavy atom. The molecule has 0 saturated carbocycles. The molecule has 3 aromatic rings. The van der Waals surface area contributed by atoms with Gasteiger partial charge in [-0.15, -0.1) is 5.10 Å². The number of methoxy groups -OCH3 is 1. The lowest BCUT2D eigenvalue weighted by molar-refractivity contribution is 0.412. The van der Waals surface area contributed by atoms with E-state index in [1.165, 1.54) is 0 Å². The Morgan fingerprint density at radius 2 is 1.92 bits per heavy atom. The van der Waals surface area contributed by atoms with Gasteiger partial charge in [-0.1, -0.05) is 17.7 Å². The van der Waals surface area contributed by atoms with E-state index in [-0.39, 0.29) is 5.95 Å². The first kappa shape index (κ1) is 15.9. The van der Waals surface area contributed by atoms with Gasteiger partial charge in [-0.2, -0.15) is 4.98 Å². The van der Waals surface area contributed by atoms with Gasteiger partial charge in [-0.05, 0) is 36.4 Å². The first-order valence-corrected chi connectivity index (χ1v) is 7.54. The number of nitrogen functional groups attached to an aromatic ring is 1. The number of ether oxygens (including phenoxy) is 2. The fraction of sp³-hybridized carbons (Fsp3) is 0.125. The second-order valence-corrected chi connectivity index (χ2v) is 5.30. The molecule has 0 bridgehead atoms. The summed E-state index contributed by atoms with van der Waals surface area (Å²) in [7, 11) is 1.62. The molecule has 0 unspecified atom stereocenters. The third kappa shape index (κ3) is 3.69. The molecule has 0 aliphatic rings. The molecule has 2 aromatic carbocycles. The first-order valence-electron chi connectivity index (χ1n) is 7.17. The molecule has 0 atom stereocenters. The van der Waals surface area contributed by atoms with Gasteiger partial charge in [0.15, 0.2) is 0 Å². The number of aromatic nitrogens is 3. The van der Waals surface area contributed by atoms with Gasteiger partial charge < -0.3 is 20.5 Å². The predicted molar refractivity (Wildman–Crippen MR) is 92.6 cm³/mol. The van der Waals surface area contributed by atoms with Gasteiger partial charge in [-0.3, -0.25) is 0 Å². The van der Waals surface area contributed by atoms with Gasteiger partial charge in [0.25, 0.3) is 0 Å². The van der Waals surface area contributed by atoms with Crippen LogP contribution in [0.4, 0.5) is 11.9 Å². The third-order valence-corrected chi connectivity index (χ3v) is 3.64. The predicted octanol–water partition coefficient (Wildman–Crippen LogP) is 3.45. The van der Waals surface area contributed by atoms with Crippen molar-refractivity contribution in [1.82, 2.24) is 15.2 Å². The molecule has 0 fully saturated rings. The Balaban J connectivity index is 1.78. The maximum absolute atomic E-state index is 6.30. The Labute approximate surface area is 143 Å². The van der Waals surface area contributed by atoms with Crippen molar-refractivity contribution in [3.8, 4) is 17.2 Å². The topological polar surface area (TPSA) is 98.1 Å². The van der Waals surface area contributed by atoms with E-state index in [1.54, 1.807) is 13.2 Å². The summed E-state index contributed by atoms with van der Waals surface area (Å²) in [5, 5.41) is 10.1. The van der Waals surface area contributed by atoms with Crippen LogP contribution >= 0.6 is 11.6 Å². The lowest BCUT2D eigenvalue weighted by Gasteiger charge is -2.13. The van der Waals surface area contributed by atoms with Gasteiger partial charge in [0.2, 0.25) is 11.9 Å². The number of hydrogen-bond acceptors (Lipinski definition) is 6. The van der Waals surface area contributed by atoms with Crippen LogP contribution in [0.2, 0.25) is 5.02 Å². The number of nitrogens with two attached hydrogens (primary N) is 1. The smallest absolute Gasteiger partial charge is 0.243 e. The van der Waals surface area contributed by atoms with E-state index in [0.717, 1.165) is 11.3 Å². The lowest BCUT2D eigenvalue weighted by atomic mass is 10.2. The highest BCUT2D eigenvalue weighted by Gasteiger charge is 2.11. The molecule has 124 valence electrons. The molecule has 24 heavy (non-hydrogen) atoms. The van der Waals surface area contributed by atoms with Crippen LogP contribution in [-0.4, -0.2) is 22.3 Å². The summed E-state index contributed by atoms with van der Waals surface area (Å²) in [6.45, 7) is 0.391. The average Bonchev–Trinajstić information content (AvgIpc) is 3.00. The second-order valence-electron chi connectivity index (χ2n) is 4.89. The molecule has 8 heteroatoms. The summed E-state index contributed by atoms with van der Waals surface area (Å²) < 4.78 is 11.1. The van der Waals surface area contributed by atoms with Crippen LogP contribution in [0, 0.1) is 0 Å². The Morgan fingerprint density at radius 1 is 1.17 bits per heavy atom. The average molecular weight is 346 g/mol. The van der Waals surface area contributed by atoms with Crippen molar-refractivity contribution in [2.24, 2.45) is 0 Å². The number of H-pyrrole nitrogens is 1. The molecular weight excluding hydrogens is 330 g/mol. The summed E-state index contributed by atoms with van der Waals surface area (Å²) in [6.07, 6.45) is 0. The van der Waals surface area contributed by atoms with Crippen LogP contribution in [0.1, 0.15) is 5.56 Å². The van der Waals surface area contributed by atoms with Gasteiger partial charge >= 0.3 is 0 Å². The quantitative estimate of drug-likeness (QED) is 0.633. The fourth-order valence-electron chi connectivity index (χ4n) is 2.10. The molecule has 0 saturated heterocycles. The number of anilines is 2. The van der Waals surface area contributed by atoms with Crippen molar-refractivity contribution in [3.63, 3.8) is 0 Å². The number of rotatable bonds is 6. The lowest BCUT2D eigenvalue weighted by Crippen LogP contribution is -2.03. The third-order valence-electron chi connectivity index (χ3n) is 3.29. The molecule has 0 aliphatic carbocycles. The standard InChI is InChI=1S/C16H16ClN5O2/c1-23-10-5-7-11(8-6-10)24-14-4-2-3-13(17)12(14)9-19-16-20-15(18)21-22-16/h2-8H,9H2,1H3,(H4,18,19,20,21,22). The van der Waals surface area contributed by atoms with Crippen LogP contribution in [-0.2, 0) is 6.54 Å². The largest absolute Gasteiger partial charge is 0.497 e. The minimum atomic E-state index is 0.242. The van der Waals surface area contributed by atoms with Crippen LogP contribution in [0.25, 0.3) is 0 Å². The van der Waals surface area contributed by atoms with E-state index >= 15 is 0 Å². The molecule has 0 radical (unpaired) electrons. The van der Waals surface area contributed by atoms with Gasteiger partial charge in [0.05, 0.1) is 7.11 Å². The van der Waals surface area contributed by atoms with Crippen LogP contribution in [0.15, 0.2) is 42.5 Å². The van der Waals surface area contributed by atoms with Gasteiger partial charge in [-0.25, -0.2) is 5.10 Å². The van der Waals surface area contributed by atoms with Crippen LogP contribution < -0.4 is 20.5 Å². The van der Waals surface area contributed by atoms with Crippen LogP contribution in [0.5, 0.6) is 17.2 Å². The molecule has 7 nitrogen and oxygen atoms in total. The minimum Gasteiger partial charge on any atom is -0.497 e. The molecule has 0 spiro atoms. The minimum absolute atomic E-state index is 0.242. The second kappa shape index (κ2) is 7.10. The Bertz CT molecular complexity index is 820. The van der Waals surface area contributed by atoms with Crippen molar-refractivity contribution in [2.75, 3.05) is 18.2 Å². The Kier molecular flexibility index (Phi) is 4.72. The number of benzene rings is 2. The monoisotopic (exact) mass is 345 g/mol. The van der Waals surface area contributed by atoms with E-state index in [1.807, 2.05) is 36.4 Å². The van der Waals surface area contributed by atoms with Crippen LogP contribution in [0.3, 0.4) is 0 Å². The normalized spacial score (nSPS) is 10.4. The van der Waals surface area contributed by atoms with E-state index in [9.17, 15) is 0 Å². The summed E-state index contributed by atoms with van der Waals surface area (Å²) in [5.41, 5.74) is 6.29. The zero-order valence-corrected chi connectivity index (χ0v) is 13.7. The Hall–Kier alpha value is -2.93. The number of nitrogens with zero attached hydrogens (tertiary/aromatic N) is 2. The van der Waals surface area contributed by atoms with Crippen molar-refractivity contribution in [3.05, 3.63) is 53.1 Å².